The summed E-state index contributed by atoms with van der Waals surface area (Å²) < 4.78 is 5.72. The van der Waals surface area contributed by atoms with Crippen molar-refractivity contribution < 1.29 is 9.53 Å². The molecule has 1 aromatic carbocycles. The molecule has 1 N–H and O–H groups in total. The van der Waals surface area contributed by atoms with Crippen LogP contribution >= 0.6 is 0 Å². The van der Waals surface area contributed by atoms with E-state index in [4.69, 9.17) is 4.74 Å². The highest BCUT2D eigenvalue weighted by Gasteiger charge is 2.48. The highest BCUT2D eigenvalue weighted by atomic mass is 16.5. The van der Waals surface area contributed by atoms with Gasteiger partial charge in [0.15, 0.2) is 0 Å². The Morgan fingerprint density at radius 1 is 1.37 bits per heavy atom. The monoisotopic (exact) mass is 260 g/mol. The molecule has 2 heterocycles. The number of esters is 1. The molecule has 0 amide bonds. The van der Waals surface area contributed by atoms with Crippen LogP contribution in [0.25, 0.3) is 0 Å². The molecule has 2 saturated heterocycles. The Morgan fingerprint density at radius 3 is 2.63 bits per heavy atom. The SMILES string of the molecule is CN1CC[C@@H](OC(=O)C2(c3ccccc3)CNC2)C1. The third-order valence-electron chi connectivity index (χ3n) is 4.19. The number of nitrogens with zero attached hydrogens (tertiary/aromatic N) is 1. The lowest BCUT2D eigenvalue weighted by Gasteiger charge is -2.41. The summed E-state index contributed by atoms with van der Waals surface area (Å²) in [5.74, 6) is -0.0715. The molecule has 0 radical (unpaired) electrons. The number of hydrogen-bond donors (Lipinski definition) is 1. The van der Waals surface area contributed by atoms with Crippen molar-refractivity contribution in [3.63, 3.8) is 0 Å². The summed E-state index contributed by atoms with van der Waals surface area (Å²) in [5.41, 5.74) is 0.590. The first-order valence-corrected chi connectivity index (χ1v) is 6.87. The zero-order valence-electron chi connectivity index (χ0n) is 11.3. The summed E-state index contributed by atoms with van der Waals surface area (Å²) in [6.45, 7) is 3.22. The number of nitrogens with one attached hydrogen (secondary N) is 1. The normalized spacial score (nSPS) is 25.8. The summed E-state index contributed by atoms with van der Waals surface area (Å²) in [4.78, 5) is 14.7. The van der Waals surface area contributed by atoms with Crippen LogP contribution in [0.5, 0.6) is 0 Å². The quantitative estimate of drug-likeness (QED) is 0.815. The molecule has 0 bridgehead atoms. The minimum Gasteiger partial charge on any atom is -0.460 e. The van der Waals surface area contributed by atoms with Gasteiger partial charge < -0.3 is 15.0 Å². The van der Waals surface area contributed by atoms with E-state index in [1.54, 1.807) is 0 Å². The highest BCUT2D eigenvalue weighted by Crippen LogP contribution is 2.31. The lowest BCUT2D eigenvalue weighted by molar-refractivity contribution is -0.157. The van der Waals surface area contributed by atoms with Crippen LogP contribution in [0.3, 0.4) is 0 Å². The average molecular weight is 260 g/mol. The lowest BCUT2D eigenvalue weighted by atomic mass is 9.75. The summed E-state index contributed by atoms with van der Waals surface area (Å²) in [7, 11) is 2.06. The Labute approximate surface area is 113 Å². The van der Waals surface area contributed by atoms with E-state index < -0.39 is 5.41 Å². The first-order valence-electron chi connectivity index (χ1n) is 6.87. The maximum absolute atomic E-state index is 12.5. The molecule has 102 valence electrons. The van der Waals surface area contributed by atoms with Crippen molar-refractivity contribution in [2.24, 2.45) is 0 Å². The molecule has 19 heavy (non-hydrogen) atoms. The van der Waals surface area contributed by atoms with E-state index in [1.165, 1.54) is 0 Å². The van der Waals surface area contributed by atoms with E-state index in [0.717, 1.165) is 25.1 Å². The molecule has 1 atom stereocenters. The van der Waals surface area contributed by atoms with Crippen LogP contribution in [0.4, 0.5) is 0 Å². The van der Waals surface area contributed by atoms with Crippen LogP contribution in [0.15, 0.2) is 30.3 Å². The fraction of sp³-hybridized carbons (Fsp3) is 0.533. The van der Waals surface area contributed by atoms with Gasteiger partial charge in [0.1, 0.15) is 11.5 Å². The zero-order chi connectivity index (χ0) is 13.3. The van der Waals surface area contributed by atoms with Gasteiger partial charge in [0.05, 0.1) is 0 Å². The Bertz CT molecular complexity index is 456. The van der Waals surface area contributed by atoms with Crippen molar-refractivity contribution >= 4 is 5.97 Å². The number of hydrogen-bond acceptors (Lipinski definition) is 4. The predicted molar refractivity (Wildman–Crippen MR) is 73.0 cm³/mol. The van der Waals surface area contributed by atoms with Crippen LogP contribution in [0.1, 0.15) is 12.0 Å². The van der Waals surface area contributed by atoms with E-state index in [-0.39, 0.29) is 12.1 Å². The van der Waals surface area contributed by atoms with Crippen LogP contribution < -0.4 is 5.32 Å². The maximum atomic E-state index is 12.5. The van der Waals surface area contributed by atoms with Gasteiger partial charge in [-0.3, -0.25) is 4.79 Å². The molecule has 2 aliphatic heterocycles. The first-order chi connectivity index (χ1) is 9.21. The minimum atomic E-state index is -0.470. The van der Waals surface area contributed by atoms with Crippen molar-refractivity contribution in [2.75, 3.05) is 33.2 Å². The van der Waals surface area contributed by atoms with E-state index >= 15 is 0 Å². The fourth-order valence-corrected chi connectivity index (χ4v) is 2.85. The van der Waals surface area contributed by atoms with Crippen LogP contribution in [-0.4, -0.2) is 50.2 Å². The minimum absolute atomic E-state index is 0.0543. The largest absolute Gasteiger partial charge is 0.460 e. The van der Waals surface area contributed by atoms with Crippen molar-refractivity contribution in [2.45, 2.75) is 17.9 Å². The van der Waals surface area contributed by atoms with Gasteiger partial charge in [-0.15, -0.1) is 0 Å². The third-order valence-corrected chi connectivity index (χ3v) is 4.19. The Morgan fingerprint density at radius 2 is 2.11 bits per heavy atom. The number of likely N-dealkylation sites (N-methyl/N-ethyl adjacent to an activating group) is 1. The van der Waals surface area contributed by atoms with Crippen molar-refractivity contribution in [3.8, 4) is 0 Å². The van der Waals surface area contributed by atoms with E-state index in [2.05, 4.69) is 17.3 Å². The molecule has 0 spiro atoms. The molecule has 3 rings (SSSR count). The molecule has 0 unspecified atom stereocenters. The summed E-state index contributed by atoms with van der Waals surface area (Å²) in [6, 6.07) is 9.96. The van der Waals surface area contributed by atoms with Crippen LogP contribution in [0, 0.1) is 0 Å². The van der Waals surface area contributed by atoms with Crippen molar-refractivity contribution in [3.05, 3.63) is 35.9 Å². The Balaban J connectivity index is 1.73. The van der Waals surface area contributed by atoms with Gasteiger partial charge in [-0.25, -0.2) is 0 Å². The van der Waals surface area contributed by atoms with E-state index in [9.17, 15) is 4.79 Å². The summed E-state index contributed by atoms with van der Waals surface area (Å²) in [5, 5.41) is 3.20. The molecule has 4 heteroatoms. The summed E-state index contributed by atoms with van der Waals surface area (Å²) >= 11 is 0. The van der Waals surface area contributed by atoms with E-state index in [1.807, 2.05) is 30.3 Å². The lowest BCUT2D eigenvalue weighted by Crippen LogP contribution is -2.62. The van der Waals surface area contributed by atoms with Gasteiger partial charge >= 0.3 is 5.97 Å². The van der Waals surface area contributed by atoms with Gasteiger partial charge in [-0.1, -0.05) is 30.3 Å². The molecule has 2 fully saturated rings. The second kappa shape index (κ2) is 4.94. The van der Waals surface area contributed by atoms with Crippen molar-refractivity contribution in [1.82, 2.24) is 10.2 Å². The van der Waals surface area contributed by atoms with Crippen LogP contribution in [0.2, 0.25) is 0 Å². The highest BCUT2D eigenvalue weighted by molar-refractivity contribution is 5.85. The van der Waals surface area contributed by atoms with Gasteiger partial charge in [0, 0.05) is 26.2 Å². The standard InChI is InChI=1S/C15H20N2O2/c1-17-8-7-13(9-17)19-14(18)15(10-16-11-15)12-5-3-2-4-6-12/h2-6,13,16H,7-11H2,1H3/t13-/m1/s1. The number of benzene rings is 1. The maximum Gasteiger partial charge on any atom is 0.319 e. The zero-order valence-corrected chi connectivity index (χ0v) is 11.3. The molecule has 2 aliphatic rings. The number of carbonyl (C=O) groups is 1. The first kappa shape index (κ1) is 12.6. The molecular weight excluding hydrogens is 240 g/mol. The van der Waals surface area contributed by atoms with Gasteiger partial charge in [0.2, 0.25) is 0 Å². The number of carbonyl (C=O) groups excluding carboxylic acids is 1. The topological polar surface area (TPSA) is 41.6 Å². The van der Waals surface area contributed by atoms with Crippen molar-refractivity contribution in [1.29, 1.82) is 0 Å². The molecule has 0 aromatic heterocycles. The Hall–Kier alpha value is -1.39. The number of rotatable bonds is 3. The molecule has 0 aliphatic carbocycles. The Kier molecular flexibility index (Phi) is 3.29. The second-order valence-electron chi connectivity index (χ2n) is 5.63. The van der Waals surface area contributed by atoms with Gasteiger partial charge in [-0.2, -0.15) is 0 Å². The van der Waals surface area contributed by atoms with Crippen LogP contribution in [-0.2, 0) is 14.9 Å². The molecule has 4 nitrogen and oxygen atoms in total. The van der Waals surface area contributed by atoms with Gasteiger partial charge in [0.25, 0.3) is 0 Å². The number of ether oxygens (including phenoxy) is 1. The average Bonchev–Trinajstić information content (AvgIpc) is 2.75. The second-order valence-corrected chi connectivity index (χ2v) is 5.63. The third kappa shape index (κ3) is 2.26. The smallest absolute Gasteiger partial charge is 0.319 e. The predicted octanol–water partition coefficient (Wildman–Crippen LogP) is 0.775. The summed E-state index contributed by atoms with van der Waals surface area (Å²) in [6.07, 6.45) is 0.999. The molecular formula is C15H20N2O2. The number of likely N-dealkylation sites (tertiary alicyclic amines) is 1. The van der Waals surface area contributed by atoms with E-state index in [0.29, 0.717) is 13.1 Å². The molecule has 1 aromatic rings. The van der Waals surface area contributed by atoms with Gasteiger partial charge in [-0.05, 0) is 19.0 Å². The fourth-order valence-electron chi connectivity index (χ4n) is 2.85. The molecule has 0 saturated carbocycles.